The van der Waals surface area contributed by atoms with E-state index >= 15 is 0 Å². The van der Waals surface area contributed by atoms with Crippen LogP contribution in [0.4, 0.5) is 0 Å². The Morgan fingerprint density at radius 2 is 2.06 bits per heavy atom. The number of methoxy groups -OCH3 is 1. The lowest BCUT2D eigenvalue weighted by Gasteiger charge is -2.14. The van der Waals surface area contributed by atoms with Crippen LogP contribution in [0.3, 0.4) is 0 Å². The van der Waals surface area contributed by atoms with Gasteiger partial charge >= 0.3 is 0 Å². The standard InChI is InChI=1S/C12H14Cl2O3/c1-7(2)6-17-11-9(13)4-8(12(14)15)5-10(11)16-3/h4-5,7H,6H2,1-3H3. The maximum atomic E-state index is 11.1. The Balaban J connectivity index is 3.07. The molecular formula is C12H14Cl2O3. The van der Waals surface area contributed by atoms with Gasteiger partial charge in [0.2, 0.25) is 0 Å². The molecule has 0 atom stereocenters. The molecule has 0 aliphatic heterocycles. The van der Waals surface area contributed by atoms with E-state index in [1.165, 1.54) is 19.2 Å². The highest BCUT2D eigenvalue weighted by Gasteiger charge is 2.15. The topological polar surface area (TPSA) is 35.5 Å². The van der Waals surface area contributed by atoms with Crippen LogP contribution in [0.5, 0.6) is 11.5 Å². The summed E-state index contributed by atoms with van der Waals surface area (Å²) in [6.07, 6.45) is 0. The van der Waals surface area contributed by atoms with Gasteiger partial charge in [0.15, 0.2) is 11.5 Å². The van der Waals surface area contributed by atoms with Gasteiger partial charge in [0.05, 0.1) is 18.7 Å². The minimum atomic E-state index is -0.583. The number of halogens is 2. The summed E-state index contributed by atoms with van der Waals surface area (Å²) in [6.45, 7) is 4.57. The third-order valence-corrected chi connectivity index (χ3v) is 2.52. The van der Waals surface area contributed by atoms with Crippen molar-refractivity contribution < 1.29 is 14.3 Å². The fraction of sp³-hybridized carbons (Fsp3) is 0.417. The third-order valence-electron chi connectivity index (χ3n) is 2.02. The summed E-state index contributed by atoms with van der Waals surface area (Å²) in [7, 11) is 1.48. The molecule has 0 heterocycles. The van der Waals surface area contributed by atoms with Gasteiger partial charge in [-0.2, -0.15) is 0 Å². The average molecular weight is 277 g/mol. The molecule has 0 aliphatic carbocycles. The van der Waals surface area contributed by atoms with Crippen LogP contribution >= 0.6 is 23.2 Å². The smallest absolute Gasteiger partial charge is 0.252 e. The Bertz CT molecular complexity index is 416. The summed E-state index contributed by atoms with van der Waals surface area (Å²) in [5, 5.41) is -0.269. The van der Waals surface area contributed by atoms with Gasteiger partial charge in [0.25, 0.3) is 5.24 Å². The predicted octanol–water partition coefficient (Wildman–Crippen LogP) is 3.76. The first-order valence-electron chi connectivity index (χ1n) is 5.15. The highest BCUT2D eigenvalue weighted by Crippen LogP contribution is 2.37. The molecule has 0 saturated carbocycles. The summed E-state index contributed by atoms with van der Waals surface area (Å²) in [4.78, 5) is 11.1. The van der Waals surface area contributed by atoms with Gasteiger partial charge in [-0.3, -0.25) is 4.79 Å². The summed E-state index contributed by atoms with van der Waals surface area (Å²) in [5.74, 6) is 1.21. The van der Waals surface area contributed by atoms with Gasteiger partial charge in [0.1, 0.15) is 0 Å². The summed E-state index contributed by atoms with van der Waals surface area (Å²) in [6, 6.07) is 2.98. The molecule has 0 aliphatic rings. The van der Waals surface area contributed by atoms with E-state index in [9.17, 15) is 4.79 Å². The van der Waals surface area contributed by atoms with E-state index in [-0.39, 0.29) is 5.56 Å². The molecule has 94 valence electrons. The molecule has 0 saturated heterocycles. The maximum Gasteiger partial charge on any atom is 0.252 e. The molecule has 0 bridgehead atoms. The number of benzene rings is 1. The predicted molar refractivity (Wildman–Crippen MR) is 68.5 cm³/mol. The molecule has 5 heteroatoms. The van der Waals surface area contributed by atoms with Gasteiger partial charge in [-0.05, 0) is 29.7 Å². The first-order chi connectivity index (χ1) is 7.95. The van der Waals surface area contributed by atoms with Crippen molar-refractivity contribution in [2.75, 3.05) is 13.7 Å². The lowest BCUT2D eigenvalue weighted by Crippen LogP contribution is -2.06. The van der Waals surface area contributed by atoms with Crippen molar-refractivity contribution in [2.45, 2.75) is 13.8 Å². The Morgan fingerprint density at radius 1 is 1.41 bits per heavy atom. The zero-order valence-corrected chi connectivity index (χ0v) is 11.4. The lowest BCUT2D eigenvalue weighted by atomic mass is 10.2. The highest BCUT2D eigenvalue weighted by atomic mass is 35.5. The van der Waals surface area contributed by atoms with E-state index in [1.807, 2.05) is 13.8 Å². The quantitative estimate of drug-likeness (QED) is 0.769. The second-order valence-electron chi connectivity index (χ2n) is 3.97. The highest BCUT2D eigenvalue weighted by molar-refractivity contribution is 6.67. The number of carbonyl (C=O) groups excluding carboxylic acids is 1. The molecule has 0 radical (unpaired) electrons. The van der Waals surface area contributed by atoms with Gasteiger partial charge in [-0.25, -0.2) is 0 Å². The third kappa shape index (κ3) is 3.79. The van der Waals surface area contributed by atoms with Crippen molar-refractivity contribution in [3.8, 4) is 11.5 Å². The van der Waals surface area contributed by atoms with Crippen LogP contribution < -0.4 is 9.47 Å². The number of hydrogen-bond acceptors (Lipinski definition) is 3. The number of ether oxygens (including phenoxy) is 2. The molecule has 0 N–H and O–H groups in total. The first kappa shape index (κ1) is 14.1. The molecule has 17 heavy (non-hydrogen) atoms. The largest absolute Gasteiger partial charge is 0.493 e. The average Bonchev–Trinajstić information content (AvgIpc) is 2.25. The first-order valence-corrected chi connectivity index (χ1v) is 5.91. The summed E-state index contributed by atoms with van der Waals surface area (Å²) in [5.41, 5.74) is 0.283. The van der Waals surface area contributed by atoms with Crippen LogP contribution in [0.2, 0.25) is 5.02 Å². The zero-order valence-electron chi connectivity index (χ0n) is 9.92. The molecular weight excluding hydrogens is 263 g/mol. The Kier molecular flexibility index (Phi) is 5.09. The van der Waals surface area contributed by atoms with Gasteiger partial charge in [-0.1, -0.05) is 25.4 Å². The maximum absolute atomic E-state index is 11.1. The van der Waals surface area contributed by atoms with E-state index in [1.54, 1.807) is 0 Å². The van der Waals surface area contributed by atoms with E-state index < -0.39 is 5.24 Å². The molecule has 1 aromatic rings. The summed E-state index contributed by atoms with van der Waals surface area (Å²) < 4.78 is 10.7. The van der Waals surface area contributed by atoms with E-state index in [0.29, 0.717) is 29.0 Å². The molecule has 1 rings (SSSR count). The van der Waals surface area contributed by atoms with Crippen LogP contribution in [0.25, 0.3) is 0 Å². The number of hydrogen-bond donors (Lipinski definition) is 0. The summed E-state index contributed by atoms with van der Waals surface area (Å²) >= 11 is 11.4. The van der Waals surface area contributed by atoms with Crippen LogP contribution in [-0.4, -0.2) is 19.0 Å². The van der Waals surface area contributed by atoms with Crippen molar-refractivity contribution in [3.05, 3.63) is 22.7 Å². The molecule has 0 unspecified atom stereocenters. The van der Waals surface area contributed by atoms with Crippen molar-refractivity contribution in [1.29, 1.82) is 0 Å². The van der Waals surface area contributed by atoms with Crippen molar-refractivity contribution >= 4 is 28.4 Å². The minimum Gasteiger partial charge on any atom is -0.493 e. The van der Waals surface area contributed by atoms with Gasteiger partial charge in [0, 0.05) is 5.56 Å². The van der Waals surface area contributed by atoms with Crippen molar-refractivity contribution in [3.63, 3.8) is 0 Å². The van der Waals surface area contributed by atoms with Crippen LogP contribution in [0.15, 0.2) is 12.1 Å². The Labute approximate surface area is 111 Å². The number of rotatable bonds is 5. The van der Waals surface area contributed by atoms with Crippen LogP contribution in [0, 0.1) is 5.92 Å². The fourth-order valence-electron chi connectivity index (χ4n) is 1.22. The monoisotopic (exact) mass is 276 g/mol. The second kappa shape index (κ2) is 6.12. The van der Waals surface area contributed by atoms with Crippen molar-refractivity contribution in [2.24, 2.45) is 5.92 Å². The molecule has 0 aromatic heterocycles. The second-order valence-corrected chi connectivity index (χ2v) is 4.72. The zero-order chi connectivity index (χ0) is 13.0. The molecule has 3 nitrogen and oxygen atoms in total. The molecule has 0 amide bonds. The Hall–Kier alpha value is -0.930. The van der Waals surface area contributed by atoms with Crippen LogP contribution in [-0.2, 0) is 0 Å². The molecule has 1 aromatic carbocycles. The van der Waals surface area contributed by atoms with Gasteiger partial charge in [-0.15, -0.1) is 0 Å². The lowest BCUT2D eigenvalue weighted by molar-refractivity contribution is 0.108. The molecule has 0 spiro atoms. The number of carbonyl (C=O) groups is 1. The van der Waals surface area contributed by atoms with Crippen molar-refractivity contribution in [1.82, 2.24) is 0 Å². The van der Waals surface area contributed by atoms with E-state index in [2.05, 4.69) is 0 Å². The van der Waals surface area contributed by atoms with E-state index in [0.717, 1.165) is 0 Å². The van der Waals surface area contributed by atoms with E-state index in [4.69, 9.17) is 32.7 Å². The minimum absolute atomic E-state index is 0.283. The Morgan fingerprint density at radius 3 is 2.53 bits per heavy atom. The normalized spacial score (nSPS) is 10.5. The molecule has 0 fully saturated rings. The fourth-order valence-corrected chi connectivity index (χ4v) is 1.60. The SMILES string of the molecule is COc1cc(C(=O)Cl)cc(Cl)c1OCC(C)C. The van der Waals surface area contributed by atoms with Gasteiger partial charge < -0.3 is 9.47 Å². The van der Waals surface area contributed by atoms with Crippen LogP contribution in [0.1, 0.15) is 24.2 Å².